The van der Waals surface area contributed by atoms with Gasteiger partial charge in [-0.2, -0.15) is 17.5 Å². The predicted molar refractivity (Wildman–Crippen MR) is 37.1 cm³/mol. The maximum absolute atomic E-state index is 3.06. The van der Waals surface area contributed by atoms with Gasteiger partial charge in [-0.05, 0) is 0 Å². The summed E-state index contributed by atoms with van der Waals surface area (Å²) in [5.41, 5.74) is 1.15. The van der Waals surface area contributed by atoms with Crippen LogP contribution in [-0.4, -0.2) is 4.98 Å². The van der Waals surface area contributed by atoms with Gasteiger partial charge < -0.3 is 29.8 Å². The molecule has 0 atom stereocenters. The Morgan fingerprint density at radius 2 is 1.75 bits per heavy atom. The summed E-state index contributed by atoms with van der Waals surface area (Å²) in [6, 6.07) is 11.1. The van der Waals surface area contributed by atoms with Crippen LogP contribution in [0.25, 0.3) is 10.9 Å². The van der Waals surface area contributed by atoms with Crippen LogP contribution in [0.1, 0.15) is 0 Å². The van der Waals surface area contributed by atoms with Crippen molar-refractivity contribution in [3.63, 3.8) is 0 Å². The molecule has 1 aromatic heterocycles. The van der Waals surface area contributed by atoms with Gasteiger partial charge in [0.15, 0.2) is 0 Å². The number of nitrogens with one attached hydrogen (secondary N) is 1. The van der Waals surface area contributed by atoms with Gasteiger partial charge in [0, 0.05) is 0 Å². The first-order chi connectivity index (χ1) is 4.47. The number of fused-ring (bicyclic) bond motifs is 1. The van der Waals surface area contributed by atoms with E-state index in [1.165, 1.54) is 0 Å². The van der Waals surface area contributed by atoms with Gasteiger partial charge in [0.25, 0.3) is 0 Å². The molecule has 1 heterocycles. The summed E-state index contributed by atoms with van der Waals surface area (Å²) in [4.78, 5) is 3.06. The Labute approximate surface area is 103 Å². The monoisotopic (exact) mass is 276 g/mol. The molecule has 61 valence electrons. The summed E-state index contributed by atoms with van der Waals surface area (Å²) in [6.07, 6.45) is 1.82. The minimum Gasteiger partial charge on any atom is -1.00 e. The number of rotatable bonds is 0. The van der Waals surface area contributed by atoms with E-state index in [2.05, 4.69) is 11.1 Å². The zero-order chi connectivity index (χ0) is 6.10. The standard InChI is InChI=1S/C8H6N.2ClH.Zr/c1-2-4-8-7(3-1)5-6-9-8;;;/h1-4,6,9H;2*1H;/q-1;;;+3/p-2. The molecule has 12 heavy (non-hydrogen) atoms. The second-order valence-corrected chi connectivity index (χ2v) is 1.98. The van der Waals surface area contributed by atoms with E-state index in [1.54, 1.807) is 0 Å². The van der Waals surface area contributed by atoms with Gasteiger partial charge in [0.05, 0.1) is 0 Å². The molecule has 2 rings (SSSR count). The smallest absolute Gasteiger partial charge is 1.00 e. The number of para-hydroxylation sites is 1. The fourth-order valence-corrected chi connectivity index (χ4v) is 0.926. The summed E-state index contributed by atoms with van der Waals surface area (Å²) >= 11 is 0. The van der Waals surface area contributed by atoms with Crippen LogP contribution in [0, 0.1) is 6.07 Å². The fourth-order valence-electron chi connectivity index (χ4n) is 0.926. The molecule has 1 radical (unpaired) electrons. The van der Waals surface area contributed by atoms with Crippen molar-refractivity contribution >= 4 is 10.9 Å². The Morgan fingerprint density at radius 3 is 2.42 bits per heavy atom. The summed E-state index contributed by atoms with van der Waals surface area (Å²) in [7, 11) is 0. The number of aromatic amines is 1. The molecule has 0 unspecified atom stereocenters. The van der Waals surface area contributed by atoms with Crippen molar-refractivity contribution in [2.45, 2.75) is 0 Å². The largest absolute Gasteiger partial charge is 3.00 e. The predicted octanol–water partition coefficient (Wildman–Crippen LogP) is -4.03. The third-order valence-corrected chi connectivity index (χ3v) is 1.38. The average Bonchev–Trinajstić information content (AvgIpc) is 2.33. The van der Waals surface area contributed by atoms with Gasteiger partial charge in [0.1, 0.15) is 0 Å². The molecule has 0 saturated heterocycles. The van der Waals surface area contributed by atoms with E-state index in [0.717, 1.165) is 10.9 Å². The first-order valence-electron chi connectivity index (χ1n) is 2.90. The summed E-state index contributed by atoms with van der Waals surface area (Å²) in [6.45, 7) is 0. The molecule has 0 fully saturated rings. The Kier molecular flexibility index (Phi) is 8.24. The van der Waals surface area contributed by atoms with Crippen LogP contribution in [0.2, 0.25) is 0 Å². The van der Waals surface area contributed by atoms with Gasteiger partial charge in [-0.1, -0.05) is 23.8 Å². The molecule has 1 N–H and O–H groups in total. The van der Waals surface area contributed by atoms with E-state index in [1.807, 2.05) is 30.5 Å². The Bertz CT molecular complexity index is 291. The van der Waals surface area contributed by atoms with Crippen LogP contribution in [0.4, 0.5) is 0 Å². The maximum Gasteiger partial charge on any atom is 3.00 e. The molecule has 0 aliphatic carbocycles. The first-order valence-corrected chi connectivity index (χ1v) is 2.90. The van der Waals surface area contributed by atoms with E-state index >= 15 is 0 Å². The van der Waals surface area contributed by atoms with Crippen molar-refractivity contribution < 1.29 is 51.0 Å². The number of benzene rings is 1. The van der Waals surface area contributed by atoms with Crippen molar-refractivity contribution in [2.24, 2.45) is 0 Å². The van der Waals surface area contributed by atoms with Crippen LogP contribution in [0.3, 0.4) is 0 Å². The summed E-state index contributed by atoms with van der Waals surface area (Å²) in [5.74, 6) is 0. The number of hydrogen-bond donors (Lipinski definition) is 1. The van der Waals surface area contributed by atoms with Crippen LogP contribution < -0.4 is 24.8 Å². The molecular weight excluding hydrogens is 272 g/mol. The molecular formula is C8H6Cl2NZr. The van der Waals surface area contributed by atoms with E-state index in [9.17, 15) is 0 Å². The number of halogens is 2. The zero-order valence-electron chi connectivity index (χ0n) is 6.14. The second kappa shape index (κ2) is 6.71. The van der Waals surface area contributed by atoms with Crippen molar-refractivity contribution in [1.29, 1.82) is 0 Å². The van der Waals surface area contributed by atoms with Crippen LogP contribution in [-0.2, 0) is 26.2 Å². The van der Waals surface area contributed by atoms with Crippen molar-refractivity contribution in [3.05, 3.63) is 36.5 Å². The van der Waals surface area contributed by atoms with Crippen molar-refractivity contribution in [3.8, 4) is 0 Å². The topological polar surface area (TPSA) is 15.8 Å². The van der Waals surface area contributed by atoms with E-state index in [0.29, 0.717) is 0 Å². The zero-order valence-corrected chi connectivity index (χ0v) is 10.1. The minimum absolute atomic E-state index is 0. The summed E-state index contributed by atoms with van der Waals surface area (Å²) in [5, 5.41) is 1.15. The second-order valence-electron chi connectivity index (χ2n) is 1.98. The third-order valence-electron chi connectivity index (χ3n) is 1.38. The number of H-pyrrole nitrogens is 1. The quantitative estimate of drug-likeness (QED) is 0.473. The van der Waals surface area contributed by atoms with E-state index < -0.39 is 0 Å². The van der Waals surface area contributed by atoms with E-state index in [4.69, 9.17) is 0 Å². The molecule has 2 aromatic rings. The third kappa shape index (κ3) is 2.93. The number of hydrogen-bond acceptors (Lipinski definition) is 0. The molecule has 0 aliphatic heterocycles. The first kappa shape index (κ1) is 14.7. The summed E-state index contributed by atoms with van der Waals surface area (Å²) < 4.78 is 0. The maximum atomic E-state index is 3.06. The van der Waals surface area contributed by atoms with Gasteiger partial charge in [0.2, 0.25) is 0 Å². The molecule has 1 aromatic carbocycles. The van der Waals surface area contributed by atoms with Gasteiger partial charge in [-0.3, -0.25) is 0 Å². The van der Waals surface area contributed by atoms with Gasteiger partial charge >= 0.3 is 26.2 Å². The average molecular weight is 278 g/mol. The molecule has 4 heteroatoms. The molecule has 0 aliphatic rings. The molecule has 0 bridgehead atoms. The Morgan fingerprint density at radius 1 is 1.08 bits per heavy atom. The van der Waals surface area contributed by atoms with Crippen LogP contribution in [0.15, 0.2) is 30.5 Å². The fraction of sp³-hybridized carbons (Fsp3) is 0. The Balaban J connectivity index is 0. The normalized spacial score (nSPS) is 7.67. The molecule has 1 nitrogen and oxygen atoms in total. The Hall–Kier alpha value is 0.223. The SMILES string of the molecule is [Cl-].[Cl-].[Zr+3].[c-]1c[nH]c2ccccc12. The molecule has 0 spiro atoms. The van der Waals surface area contributed by atoms with Gasteiger partial charge in [-0.25, -0.2) is 0 Å². The van der Waals surface area contributed by atoms with Gasteiger partial charge in [-0.15, -0.1) is 6.07 Å². The van der Waals surface area contributed by atoms with Crippen molar-refractivity contribution in [2.75, 3.05) is 0 Å². The molecule has 0 amide bonds. The van der Waals surface area contributed by atoms with E-state index in [-0.39, 0.29) is 51.0 Å². The minimum atomic E-state index is 0. The van der Waals surface area contributed by atoms with Crippen LogP contribution >= 0.6 is 0 Å². The number of aromatic nitrogens is 1. The van der Waals surface area contributed by atoms with Crippen molar-refractivity contribution in [1.82, 2.24) is 4.98 Å². The molecule has 0 saturated carbocycles. The van der Waals surface area contributed by atoms with Crippen LogP contribution in [0.5, 0.6) is 0 Å².